The molecule has 0 spiro atoms. The Morgan fingerprint density at radius 3 is 2.35 bits per heavy atom. The highest BCUT2D eigenvalue weighted by Crippen LogP contribution is 2.49. The summed E-state index contributed by atoms with van der Waals surface area (Å²) in [6.45, 7) is 7.59. The molecule has 1 saturated heterocycles. The molecule has 1 aliphatic heterocycles. The molecular formula is C28H42N4O5S3. The Morgan fingerprint density at radius 1 is 1.07 bits per heavy atom. The summed E-state index contributed by atoms with van der Waals surface area (Å²) in [6, 6.07) is 16.7. The molecule has 40 heavy (non-hydrogen) atoms. The normalized spacial score (nSPS) is 18.9. The number of rotatable bonds is 9. The predicted octanol–water partition coefficient (Wildman–Crippen LogP) is 3.77. The van der Waals surface area contributed by atoms with Crippen LogP contribution >= 0.6 is 27.0 Å². The minimum atomic E-state index is -3.42. The second-order valence-electron chi connectivity index (χ2n) is 11.4. The monoisotopic (exact) mass is 610 g/mol. The van der Waals surface area contributed by atoms with Gasteiger partial charge >= 0.3 is 6.09 Å². The third-order valence-electron chi connectivity index (χ3n) is 6.84. The lowest BCUT2D eigenvalue weighted by atomic mass is 9.93. The van der Waals surface area contributed by atoms with E-state index in [9.17, 15) is 18.0 Å². The first-order valence-electron chi connectivity index (χ1n) is 13.0. The van der Waals surface area contributed by atoms with E-state index in [1.807, 2.05) is 57.2 Å². The van der Waals surface area contributed by atoms with Crippen LogP contribution in [-0.2, 0) is 25.0 Å². The van der Waals surface area contributed by atoms with E-state index in [0.29, 0.717) is 31.6 Å². The van der Waals surface area contributed by atoms with E-state index >= 15 is 0 Å². The largest absolute Gasteiger partial charge is 0.444 e. The van der Waals surface area contributed by atoms with Crippen molar-refractivity contribution in [2.75, 3.05) is 30.6 Å². The fourth-order valence-corrected chi connectivity index (χ4v) is 5.49. The molecular weight excluding hydrogens is 569 g/mol. The van der Waals surface area contributed by atoms with Crippen LogP contribution in [0.4, 0.5) is 10.5 Å². The van der Waals surface area contributed by atoms with Crippen LogP contribution in [0.25, 0.3) is 0 Å². The first-order chi connectivity index (χ1) is 17.8. The summed E-state index contributed by atoms with van der Waals surface area (Å²) in [6.07, 6.45) is 2.90. The molecule has 0 unspecified atom stereocenters. The van der Waals surface area contributed by atoms with E-state index in [1.54, 1.807) is 18.2 Å². The van der Waals surface area contributed by atoms with Crippen LogP contribution in [0.5, 0.6) is 0 Å². The molecule has 1 aliphatic carbocycles. The fraction of sp³-hybridized carbons (Fsp3) is 0.500. The van der Waals surface area contributed by atoms with Crippen LogP contribution in [0.1, 0.15) is 57.2 Å². The predicted molar refractivity (Wildman–Crippen MR) is 168 cm³/mol. The number of hydrogen-bond acceptors (Lipinski definition) is 6. The van der Waals surface area contributed by atoms with Gasteiger partial charge in [-0.3, -0.25) is 14.4 Å². The number of carbonyl (C=O) groups is 2. The van der Waals surface area contributed by atoms with Gasteiger partial charge in [-0.1, -0.05) is 42.5 Å². The molecule has 2 aliphatic rings. The van der Waals surface area contributed by atoms with Gasteiger partial charge in [-0.2, -0.15) is 27.0 Å². The highest BCUT2D eigenvalue weighted by Gasteiger charge is 2.52. The van der Waals surface area contributed by atoms with Gasteiger partial charge in [-0.15, -0.1) is 0 Å². The summed E-state index contributed by atoms with van der Waals surface area (Å²) in [5.74, 6) is -0.0644. The van der Waals surface area contributed by atoms with E-state index in [1.165, 1.54) is 0 Å². The number of benzene rings is 2. The van der Waals surface area contributed by atoms with Gasteiger partial charge in [0.05, 0.1) is 17.7 Å². The van der Waals surface area contributed by atoms with Gasteiger partial charge in [-0.25, -0.2) is 13.2 Å². The minimum Gasteiger partial charge on any atom is -0.444 e. The van der Waals surface area contributed by atoms with Crippen LogP contribution in [-0.4, -0.2) is 62.9 Å². The Bertz CT molecular complexity index is 1260. The van der Waals surface area contributed by atoms with Gasteiger partial charge in [0.2, 0.25) is 15.9 Å². The van der Waals surface area contributed by atoms with Crippen molar-refractivity contribution in [2.45, 2.75) is 63.1 Å². The van der Waals surface area contributed by atoms with E-state index < -0.39 is 27.1 Å². The molecule has 1 saturated carbocycles. The van der Waals surface area contributed by atoms with E-state index in [-0.39, 0.29) is 45.0 Å². The smallest absolute Gasteiger partial charge is 0.407 e. The first-order valence-corrected chi connectivity index (χ1v) is 14.9. The molecule has 12 heteroatoms. The lowest BCUT2D eigenvalue weighted by Gasteiger charge is -2.28. The van der Waals surface area contributed by atoms with Crippen LogP contribution in [0.3, 0.4) is 0 Å². The van der Waals surface area contributed by atoms with Gasteiger partial charge in [0.25, 0.3) is 0 Å². The molecule has 0 bridgehead atoms. The molecule has 2 aromatic carbocycles. The molecule has 2 fully saturated rings. The summed E-state index contributed by atoms with van der Waals surface area (Å²) >= 11 is 0. The van der Waals surface area contributed by atoms with Crippen molar-refractivity contribution in [2.24, 2.45) is 0 Å². The molecule has 3 N–H and O–H groups in total. The number of nitrogens with zero attached hydrogens (tertiary/aromatic N) is 1. The minimum absolute atomic E-state index is 0. The molecule has 2 aromatic rings. The average molecular weight is 611 g/mol. The number of sulfonamides is 1. The number of ether oxygens (including phenoxy) is 1. The van der Waals surface area contributed by atoms with Crippen LogP contribution < -0.4 is 15.4 Å². The molecule has 0 aromatic heterocycles. The lowest BCUT2D eigenvalue weighted by molar-refractivity contribution is -0.124. The third kappa shape index (κ3) is 9.32. The zero-order valence-corrected chi connectivity index (χ0v) is 26.3. The van der Waals surface area contributed by atoms with Gasteiger partial charge in [0.15, 0.2) is 0 Å². The topological polar surface area (TPSA) is 117 Å². The number of nitrogens with one attached hydrogen (secondary N) is 3. The highest BCUT2D eigenvalue weighted by atomic mass is 32.2. The van der Waals surface area contributed by atoms with Crippen molar-refractivity contribution >= 4 is 54.7 Å². The van der Waals surface area contributed by atoms with Crippen molar-refractivity contribution < 1.29 is 22.7 Å². The summed E-state index contributed by atoms with van der Waals surface area (Å²) in [4.78, 5) is 28.1. The van der Waals surface area contributed by atoms with Crippen LogP contribution in [0, 0.1) is 0 Å². The Kier molecular flexibility index (Phi) is 11.4. The highest BCUT2D eigenvalue weighted by molar-refractivity contribution is 7.92. The maximum atomic E-state index is 13.7. The summed E-state index contributed by atoms with van der Waals surface area (Å²) in [7, 11) is -3.42. The summed E-state index contributed by atoms with van der Waals surface area (Å²) in [5.41, 5.74) is 1.04. The maximum absolute atomic E-state index is 13.7. The number of alkyl carbamates (subject to hydrolysis) is 1. The number of carbonyl (C=O) groups excluding carboxylic acids is 2. The van der Waals surface area contributed by atoms with Gasteiger partial charge in [-0.05, 0) is 63.3 Å². The second-order valence-corrected chi connectivity index (χ2v) is 13.1. The van der Waals surface area contributed by atoms with Crippen molar-refractivity contribution in [3.05, 3.63) is 65.7 Å². The Morgan fingerprint density at radius 2 is 1.75 bits per heavy atom. The quantitative estimate of drug-likeness (QED) is 0.398. The Labute approximate surface area is 251 Å². The molecule has 0 radical (unpaired) electrons. The van der Waals surface area contributed by atoms with Gasteiger partial charge in [0, 0.05) is 31.4 Å². The molecule has 4 rings (SSSR count). The van der Waals surface area contributed by atoms with E-state index in [0.717, 1.165) is 30.3 Å². The average Bonchev–Trinajstić information content (AvgIpc) is 3.52. The Balaban J connectivity index is 0.00000280. The number of anilines is 1. The molecule has 1 heterocycles. The van der Waals surface area contributed by atoms with Gasteiger partial charge < -0.3 is 15.4 Å². The Hall–Kier alpha value is -2.41. The SMILES string of the molecule is CC(C)(C)OC(=O)N[C@H]1CCN(C[C@@H](NC(=O)C2(c3cccc(NS(C)(=O)=O)c3)CC2)c2ccccc2)C1.S.S. The second kappa shape index (κ2) is 13.5. The standard InChI is InChI=1S/C28H38N4O5S.2H2S/c1-27(2,3)37-26(34)29-23-13-16-32(18-23)19-24(20-9-6-5-7-10-20)30-25(33)28(14-15-28)21-11-8-12-22(17-21)31-38(4,35)36;;/h5-12,17,23-24,31H,13-16,18-19H2,1-4H3,(H,29,34)(H,30,33);2*1H2/t23-,24+;;/m0../s1. The summed E-state index contributed by atoms with van der Waals surface area (Å²) < 4.78 is 31.3. The molecule has 9 nitrogen and oxygen atoms in total. The number of likely N-dealkylation sites (tertiary alicyclic amines) is 1. The fourth-order valence-electron chi connectivity index (χ4n) is 4.93. The zero-order valence-electron chi connectivity index (χ0n) is 23.5. The van der Waals surface area contributed by atoms with Crippen molar-refractivity contribution in [3.63, 3.8) is 0 Å². The number of amides is 2. The van der Waals surface area contributed by atoms with E-state index in [4.69, 9.17) is 4.74 Å². The number of hydrogen-bond donors (Lipinski definition) is 3. The molecule has 2 amide bonds. The van der Waals surface area contributed by atoms with Crippen molar-refractivity contribution in [3.8, 4) is 0 Å². The third-order valence-corrected chi connectivity index (χ3v) is 7.45. The molecule has 2 atom stereocenters. The van der Waals surface area contributed by atoms with Crippen LogP contribution in [0.15, 0.2) is 54.6 Å². The van der Waals surface area contributed by atoms with Gasteiger partial charge in [0.1, 0.15) is 5.60 Å². The first kappa shape index (κ1) is 33.8. The maximum Gasteiger partial charge on any atom is 0.407 e. The van der Waals surface area contributed by atoms with Crippen molar-refractivity contribution in [1.82, 2.24) is 15.5 Å². The van der Waals surface area contributed by atoms with Crippen LogP contribution in [0.2, 0.25) is 0 Å². The lowest BCUT2D eigenvalue weighted by Crippen LogP contribution is -2.43. The molecule has 222 valence electrons. The summed E-state index contributed by atoms with van der Waals surface area (Å²) in [5, 5.41) is 6.24. The van der Waals surface area contributed by atoms with E-state index in [2.05, 4.69) is 20.3 Å². The van der Waals surface area contributed by atoms with Crippen molar-refractivity contribution in [1.29, 1.82) is 0 Å². The zero-order chi connectivity index (χ0) is 27.6.